The summed E-state index contributed by atoms with van der Waals surface area (Å²) in [7, 11) is 0. The van der Waals surface area contributed by atoms with Crippen LogP contribution in [0.3, 0.4) is 0 Å². The first-order valence-electron chi connectivity index (χ1n) is 5.29. The van der Waals surface area contributed by atoms with Crippen molar-refractivity contribution < 1.29 is 29.6 Å². The van der Waals surface area contributed by atoms with E-state index in [2.05, 4.69) is 0 Å². The zero-order valence-corrected chi connectivity index (χ0v) is 9.37. The fraction of sp³-hybridized carbons (Fsp3) is 0.900. The summed E-state index contributed by atoms with van der Waals surface area (Å²) in [5, 5.41) is 27.5. The zero-order valence-electron chi connectivity index (χ0n) is 9.37. The number of carboxylic acids is 1. The Labute approximate surface area is 93.8 Å². The summed E-state index contributed by atoms with van der Waals surface area (Å²) in [6.07, 6.45) is -3.46. The predicted octanol–water partition coefficient (Wildman–Crippen LogP) is -0.277. The molecule has 0 saturated carbocycles. The van der Waals surface area contributed by atoms with E-state index in [9.17, 15) is 15.0 Å². The van der Waals surface area contributed by atoms with Gasteiger partial charge in [0, 0.05) is 6.42 Å². The van der Waals surface area contributed by atoms with Crippen LogP contribution in [0.4, 0.5) is 0 Å². The van der Waals surface area contributed by atoms with Gasteiger partial charge in [-0.25, -0.2) is 0 Å². The van der Waals surface area contributed by atoms with Crippen molar-refractivity contribution in [1.82, 2.24) is 0 Å². The van der Waals surface area contributed by atoms with Crippen molar-refractivity contribution in [3.8, 4) is 0 Å². The number of aliphatic hydroxyl groups excluding tert-OH is 2. The van der Waals surface area contributed by atoms with Crippen molar-refractivity contribution in [2.45, 2.75) is 57.4 Å². The van der Waals surface area contributed by atoms with Gasteiger partial charge in [0.2, 0.25) is 0 Å². The Balaban J connectivity index is 2.44. The second kappa shape index (κ2) is 5.58. The summed E-state index contributed by atoms with van der Waals surface area (Å²) >= 11 is 0. The summed E-state index contributed by atoms with van der Waals surface area (Å²) in [5.41, 5.74) is 0. The minimum Gasteiger partial charge on any atom is -0.481 e. The van der Waals surface area contributed by atoms with Crippen molar-refractivity contribution >= 4 is 5.97 Å². The molecule has 94 valence electrons. The van der Waals surface area contributed by atoms with Crippen molar-refractivity contribution in [2.75, 3.05) is 0 Å². The molecule has 0 amide bonds. The van der Waals surface area contributed by atoms with Crippen LogP contribution in [0.5, 0.6) is 0 Å². The van der Waals surface area contributed by atoms with Crippen LogP contribution in [0.2, 0.25) is 0 Å². The van der Waals surface area contributed by atoms with Gasteiger partial charge in [0.1, 0.15) is 6.10 Å². The first kappa shape index (κ1) is 13.4. The molecule has 6 heteroatoms. The Morgan fingerprint density at radius 1 is 1.50 bits per heavy atom. The van der Waals surface area contributed by atoms with Crippen LogP contribution in [-0.4, -0.2) is 52.0 Å². The molecule has 1 aliphatic rings. The summed E-state index contributed by atoms with van der Waals surface area (Å²) in [5.74, 6) is -0.967. The van der Waals surface area contributed by atoms with Crippen LogP contribution in [0.25, 0.3) is 0 Å². The molecule has 0 aliphatic carbocycles. The molecule has 0 aromatic rings. The van der Waals surface area contributed by atoms with Crippen molar-refractivity contribution in [3.63, 3.8) is 0 Å². The van der Waals surface area contributed by atoms with E-state index < -0.39 is 36.7 Å². The topological polar surface area (TPSA) is 96.2 Å². The molecular weight excluding hydrogens is 216 g/mol. The Hall–Kier alpha value is -0.690. The van der Waals surface area contributed by atoms with E-state index in [4.69, 9.17) is 14.6 Å². The molecule has 0 aromatic carbocycles. The van der Waals surface area contributed by atoms with Gasteiger partial charge in [-0.15, -0.1) is 0 Å². The highest BCUT2D eigenvalue weighted by atomic mass is 16.7. The van der Waals surface area contributed by atoms with Crippen LogP contribution in [0, 0.1) is 0 Å². The standard InChI is InChI=1S/C10H18O6/c1-5(3-9(13)14)15-10-8(12)4-7(11)6(2)16-10/h5-8,10-12H,3-4H2,1-2H3,(H,13,14)/t5-,6+,7-,8-,10-/m1/s1. The molecule has 1 fully saturated rings. The Bertz CT molecular complexity index is 243. The quantitative estimate of drug-likeness (QED) is 0.619. The van der Waals surface area contributed by atoms with Gasteiger partial charge in [-0.3, -0.25) is 4.79 Å². The maximum Gasteiger partial charge on any atom is 0.305 e. The lowest BCUT2D eigenvalue weighted by atomic mass is 10.0. The van der Waals surface area contributed by atoms with E-state index in [0.717, 1.165) is 0 Å². The number of hydrogen-bond acceptors (Lipinski definition) is 5. The number of carbonyl (C=O) groups is 1. The monoisotopic (exact) mass is 234 g/mol. The summed E-state index contributed by atoms with van der Waals surface area (Å²) in [4.78, 5) is 10.4. The van der Waals surface area contributed by atoms with Gasteiger partial charge >= 0.3 is 5.97 Å². The molecule has 0 bridgehead atoms. The van der Waals surface area contributed by atoms with Crippen molar-refractivity contribution in [3.05, 3.63) is 0 Å². The third-order valence-corrected chi connectivity index (χ3v) is 2.52. The third kappa shape index (κ3) is 3.71. The molecule has 16 heavy (non-hydrogen) atoms. The lowest BCUT2D eigenvalue weighted by Crippen LogP contribution is -2.48. The van der Waals surface area contributed by atoms with E-state index in [1.807, 2.05) is 0 Å². The lowest BCUT2D eigenvalue weighted by Gasteiger charge is -2.36. The average Bonchev–Trinajstić information content (AvgIpc) is 2.12. The Kier molecular flexibility index (Phi) is 4.67. The zero-order chi connectivity index (χ0) is 12.3. The SMILES string of the molecule is C[C@H](CC(=O)O)O[C@@H]1O[C@@H](C)[C@H](O)C[C@H]1O. The number of hydrogen-bond donors (Lipinski definition) is 3. The molecule has 1 saturated heterocycles. The maximum atomic E-state index is 10.4. The molecule has 0 unspecified atom stereocenters. The van der Waals surface area contributed by atoms with E-state index in [-0.39, 0.29) is 12.8 Å². The van der Waals surface area contributed by atoms with E-state index >= 15 is 0 Å². The van der Waals surface area contributed by atoms with Gasteiger partial charge < -0.3 is 24.8 Å². The first-order chi connectivity index (χ1) is 7.40. The summed E-state index contributed by atoms with van der Waals surface area (Å²) < 4.78 is 10.5. The number of aliphatic hydroxyl groups is 2. The summed E-state index contributed by atoms with van der Waals surface area (Å²) in [6, 6.07) is 0. The van der Waals surface area contributed by atoms with Gasteiger partial charge in [-0.1, -0.05) is 0 Å². The highest BCUT2D eigenvalue weighted by Crippen LogP contribution is 2.22. The molecule has 1 rings (SSSR count). The van der Waals surface area contributed by atoms with E-state index in [0.29, 0.717) is 0 Å². The largest absolute Gasteiger partial charge is 0.481 e. The van der Waals surface area contributed by atoms with Gasteiger partial charge in [0.15, 0.2) is 6.29 Å². The van der Waals surface area contributed by atoms with Crippen LogP contribution in [-0.2, 0) is 14.3 Å². The second-order valence-corrected chi connectivity index (χ2v) is 4.12. The number of rotatable bonds is 4. The molecule has 5 atom stereocenters. The minimum atomic E-state index is -0.967. The average molecular weight is 234 g/mol. The van der Waals surface area contributed by atoms with Gasteiger partial charge in [-0.2, -0.15) is 0 Å². The smallest absolute Gasteiger partial charge is 0.305 e. The first-order valence-corrected chi connectivity index (χ1v) is 5.29. The van der Waals surface area contributed by atoms with Gasteiger partial charge in [0.25, 0.3) is 0 Å². The summed E-state index contributed by atoms with van der Waals surface area (Å²) in [6.45, 7) is 3.27. The number of aliphatic carboxylic acids is 1. The number of carboxylic acid groups (broad SMARTS) is 1. The molecular formula is C10H18O6. The van der Waals surface area contributed by atoms with E-state index in [1.54, 1.807) is 13.8 Å². The molecule has 0 aromatic heterocycles. The van der Waals surface area contributed by atoms with Gasteiger partial charge in [-0.05, 0) is 13.8 Å². The molecule has 6 nitrogen and oxygen atoms in total. The number of ether oxygens (including phenoxy) is 2. The van der Waals surface area contributed by atoms with E-state index in [1.165, 1.54) is 0 Å². The van der Waals surface area contributed by atoms with Crippen LogP contribution in [0.15, 0.2) is 0 Å². The molecule has 0 spiro atoms. The molecule has 1 heterocycles. The molecule has 1 aliphatic heterocycles. The van der Waals surface area contributed by atoms with Crippen molar-refractivity contribution in [1.29, 1.82) is 0 Å². The second-order valence-electron chi connectivity index (χ2n) is 4.12. The Morgan fingerprint density at radius 2 is 2.12 bits per heavy atom. The third-order valence-electron chi connectivity index (χ3n) is 2.52. The predicted molar refractivity (Wildman–Crippen MR) is 53.8 cm³/mol. The fourth-order valence-electron chi connectivity index (χ4n) is 1.59. The van der Waals surface area contributed by atoms with Crippen LogP contribution in [0.1, 0.15) is 26.7 Å². The van der Waals surface area contributed by atoms with Crippen LogP contribution >= 0.6 is 0 Å². The normalized spacial score (nSPS) is 37.0. The highest BCUT2D eigenvalue weighted by Gasteiger charge is 2.35. The van der Waals surface area contributed by atoms with Crippen molar-refractivity contribution in [2.24, 2.45) is 0 Å². The lowest BCUT2D eigenvalue weighted by molar-refractivity contribution is -0.273. The highest BCUT2D eigenvalue weighted by molar-refractivity contribution is 5.67. The Morgan fingerprint density at radius 3 is 2.69 bits per heavy atom. The fourth-order valence-corrected chi connectivity index (χ4v) is 1.59. The molecule has 3 N–H and O–H groups in total. The maximum absolute atomic E-state index is 10.4. The van der Waals surface area contributed by atoms with Crippen LogP contribution < -0.4 is 0 Å². The minimum absolute atomic E-state index is 0.149. The van der Waals surface area contributed by atoms with Gasteiger partial charge in [0.05, 0.1) is 24.7 Å². The molecule has 0 radical (unpaired) electrons.